The fraction of sp³-hybridized carbons (Fsp3) is 0.842. The van der Waals surface area contributed by atoms with Crippen molar-refractivity contribution in [2.45, 2.75) is 93.9 Å². The molecule has 0 rings (SSSR count). The van der Waals surface area contributed by atoms with Crippen molar-refractivity contribution in [3.63, 3.8) is 0 Å². The van der Waals surface area contributed by atoms with Crippen LogP contribution in [0.3, 0.4) is 0 Å². The topological polar surface area (TPSA) is 138 Å². The summed E-state index contributed by atoms with van der Waals surface area (Å²) in [6, 6.07) is -4.65. The molecule has 0 unspecified atom stereocenters. The number of rotatable bonds is 30. The summed E-state index contributed by atoms with van der Waals surface area (Å²) in [4.78, 5) is 0. The van der Waals surface area contributed by atoms with E-state index in [1.165, 1.54) is 5.70 Å². The maximum atomic E-state index is 5.67. The van der Waals surface area contributed by atoms with Crippen molar-refractivity contribution < 1.29 is 67.3 Å². The van der Waals surface area contributed by atoms with Crippen LogP contribution in [0.15, 0.2) is 36.8 Å². The van der Waals surface area contributed by atoms with E-state index in [-0.39, 0.29) is 0 Å². The van der Waals surface area contributed by atoms with Crippen LogP contribution in [0.5, 0.6) is 0 Å². The van der Waals surface area contributed by atoms with Crippen molar-refractivity contribution in [3.05, 3.63) is 36.8 Å². The molecule has 430 valence electrons. The molecule has 0 amide bonds. The molecule has 0 aromatic rings. The average molecular weight is 1330 g/mol. The Balaban J connectivity index is -0.000000110. The summed E-state index contributed by atoms with van der Waals surface area (Å²) >= 11 is 47.9. The summed E-state index contributed by atoms with van der Waals surface area (Å²) in [5, 5.41) is 0. The van der Waals surface area contributed by atoms with Crippen LogP contribution >= 0.6 is 99.7 Å². The molecule has 32 heteroatoms. The molecule has 0 aliphatic rings. The van der Waals surface area contributed by atoms with Gasteiger partial charge in [0.05, 0.1) is 39.6 Å². The molecule has 0 aliphatic heterocycles. The molecule has 0 saturated carbocycles. The standard InChI is InChI=1S/C11H24O6Si.C8H18O3Si.C7H18O3Si.C4H12O3Si.C3H9ClSi.C2H3Cl3Si.C2H6Cl2Si.CH3Cl3Si/c1-5-18(15-9-6-12-2,16-10-7-13-3)17-11-8-14-4;1-5-9-12(8-4,10-6-2)11-7-3;1-5-8-11(4,9-6-2)10-7-3;1-5-8(4,6-2)7-3;1-5(2,3)4;1-2-6(3,4)5;2*1-5(2,3)4/h5H,1,6-11H2,2-4H3;8H,4-7H2,1-3H3;5-7H2,1-4H3;1-4H3;1-3H3;2H,1H2;1-2H3;1H3. The predicted octanol–water partition coefficient (Wildman–Crippen LogP) is 13.4. The third-order valence-electron chi connectivity index (χ3n) is 5.87. The van der Waals surface area contributed by atoms with Crippen molar-refractivity contribution in [3.8, 4) is 0 Å². The maximum Gasteiger partial charge on any atom is 0.529 e. The van der Waals surface area contributed by atoms with Gasteiger partial charge in [0, 0.05) is 95.4 Å². The number of hydrogen-bond acceptors (Lipinski definition) is 15. The lowest BCUT2D eigenvalue weighted by Gasteiger charge is -2.26. The van der Waals surface area contributed by atoms with Crippen LogP contribution in [-0.4, -0.2) is 183 Å². The van der Waals surface area contributed by atoms with Gasteiger partial charge in [0.1, 0.15) is 7.38 Å². The van der Waals surface area contributed by atoms with Gasteiger partial charge in [0.15, 0.2) is 0 Å². The second-order valence-electron chi connectivity index (χ2n) is 14.0. The molecule has 0 atom stereocenters. The Hall–Kier alpha value is 2.97. The first-order chi connectivity index (χ1) is 31.9. The third kappa shape index (κ3) is 87.6. The van der Waals surface area contributed by atoms with E-state index in [0.717, 1.165) is 0 Å². The summed E-state index contributed by atoms with van der Waals surface area (Å²) in [7, 11) is -1.35. The SMILES string of the molecule is C=C[Si](Cl)(Cl)Cl.C=C[Si](OCC)(OCC)OCC.C=C[Si](OCCOC)(OCCOC)OCCOC.CCO[Si](C)(OCC)OCC.CO[Si](C)(OC)OC.C[Si](C)(C)Cl.C[Si](C)(Cl)Cl.C[Si](Cl)(Cl)Cl. The van der Waals surface area contributed by atoms with Gasteiger partial charge in [0.2, 0.25) is 6.69 Å². The fourth-order valence-electron chi connectivity index (χ4n) is 3.17. The molecule has 0 aliphatic carbocycles. The second-order valence-corrected chi connectivity index (χ2v) is 59.6. The lowest BCUT2D eigenvalue weighted by Crippen LogP contribution is -2.46. The van der Waals surface area contributed by atoms with E-state index in [1.54, 1.807) is 60.6 Å². The summed E-state index contributed by atoms with van der Waals surface area (Å²) in [6.07, 6.45) is 0. The Kier molecular flexibility index (Phi) is 70.7. The van der Waals surface area contributed by atoms with Gasteiger partial charge in [-0.15, -0.1) is 95.2 Å². The Morgan fingerprint density at radius 1 is 0.343 bits per heavy atom. The first-order valence-electron chi connectivity index (χ1n) is 21.9. The fourth-order valence-corrected chi connectivity index (χ4v) is 9.01. The lowest BCUT2D eigenvalue weighted by atomic mass is 10.8. The highest BCUT2D eigenvalue weighted by Gasteiger charge is 2.38. The van der Waals surface area contributed by atoms with Crippen molar-refractivity contribution >= 4 is 161 Å². The third-order valence-corrected chi connectivity index (χ3v) is 17.3. The highest BCUT2D eigenvalue weighted by atomic mass is 35.8. The zero-order valence-electron chi connectivity index (χ0n) is 45.9. The largest absolute Gasteiger partial charge is 0.529 e. The van der Waals surface area contributed by atoms with Crippen LogP contribution in [0.2, 0.25) is 52.4 Å². The Morgan fingerprint density at radius 3 is 0.643 bits per heavy atom. The zero-order chi connectivity index (χ0) is 57.2. The minimum Gasteiger partial charge on any atom is -0.382 e. The minimum absolute atomic E-state index is 0.398. The molecule has 0 aromatic heterocycles. The molecule has 0 saturated heterocycles. The van der Waals surface area contributed by atoms with Crippen molar-refractivity contribution in [2.75, 3.05) is 122 Å². The van der Waals surface area contributed by atoms with Crippen molar-refractivity contribution in [1.82, 2.24) is 0 Å². The molecule has 0 spiro atoms. The highest BCUT2D eigenvalue weighted by Crippen LogP contribution is 2.19. The minimum atomic E-state index is -2.86. The predicted molar refractivity (Wildman–Crippen MR) is 320 cm³/mol. The normalized spacial score (nSPS) is 11.8. The summed E-state index contributed by atoms with van der Waals surface area (Å²) < 4.78 is 79.1. The van der Waals surface area contributed by atoms with Gasteiger partial charge in [-0.25, -0.2) is 0 Å². The monoisotopic (exact) mass is 1330 g/mol. The molecule has 15 nitrogen and oxygen atoms in total. The molecule has 0 heterocycles. The molecule has 0 fully saturated rings. The van der Waals surface area contributed by atoms with Gasteiger partial charge in [-0.2, -0.15) is 11.1 Å². The van der Waals surface area contributed by atoms with E-state index in [9.17, 15) is 0 Å². The van der Waals surface area contributed by atoms with Crippen molar-refractivity contribution in [2.24, 2.45) is 0 Å². The van der Waals surface area contributed by atoms with E-state index in [2.05, 4.69) is 39.4 Å². The molecule has 0 bridgehead atoms. The zero-order valence-corrected chi connectivity index (χ0v) is 60.7. The van der Waals surface area contributed by atoms with E-state index in [1.807, 2.05) is 67.7 Å². The van der Waals surface area contributed by atoms with Crippen LogP contribution in [0.25, 0.3) is 0 Å². The van der Waals surface area contributed by atoms with Crippen LogP contribution in [-0.2, 0) is 67.3 Å². The van der Waals surface area contributed by atoms with Gasteiger partial charge in [-0.1, -0.05) is 38.5 Å². The van der Waals surface area contributed by atoms with Gasteiger partial charge in [-0.05, 0) is 72.6 Å². The van der Waals surface area contributed by atoms with Gasteiger partial charge >= 0.3 is 47.2 Å². The average Bonchev–Trinajstić information content (AvgIpc) is 3.23. The maximum absolute atomic E-state index is 5.67. The quantitative estimate of drug-likeness (QED) is 0.0383. The van der Waals surface area contributed by atoms with Gasteiger partial charge < -0.3 is 67.3 Å². The molecule has 70 heavy (non-hydrogen) atoms. The van der Waals surface area contributed by atoms with Gasteiger partial charge in [0.25, 0.3) is 0 Å². The molecule has 0 N–H and O–H groups in total. The number of hydrogen-bond donors (Lipinski definition) is 0. The summed E-state index contributed by atoms with van der Waals surface area (Å²) in [5.41, 5.74) is 4.65. The second kappa shape index (κ2) is 55.3. The van der Waals surface area contributed by atoms with E-state index < -0.39 is 61.3 Å². The van der Waals surface area contributed by atoms with Crippen LogP contribution < -0.4 is 0 Å². The van der Waals surface area contributed by atoms with Crippen LogP contribution in [0.1, 0.15) is 41.5 Å². The van der Waals surface area contributed by atoms with Crippen LogP contribution in [0.4, 0.5) is 0 Å². The Bertz CT molecular complexity index is 1020. The summed E-state index contributed by atoms with van der Waals surface area (Å²) in [6.45, 7) is 42.4. The van der Waals surface area contributed by atoms with E-state index >= 15 is 0 Å². The highest BCUT2D eigenvalue weighted by molar-refractivity contribution is 7.66. The molecular weight excluding hydrogens is 1240 g/mol. The first-order valence-corrected chi connectivity index (χ1v) is 50.1. The van der Waals surface area contributed by atoms with E-state index in [4.69, 9.17) is 167 Å². The number of halogens is 9. The van der Waals surface area contributed by atoms with Crippen LogP contribution in [0, 0.1) is 0 Å². The van der Waals surface area contributed by atoms with E-state index in [0.29, 0.717) is 79.3 Å². The lowest BCUT2D eigenvalue weighted by molar-refractivity contribution is 0.0232. The number of methoxy groups -OCH3 is 3. The van der Waals surface area contributed by atoms with Gasteiger partial charge in [-0.3, -0.25) is 0 Å². The molecule has 0 radical (unpaired) electrons. The van der Waals surface area contributed by atoms with Crippen molar-refractivity contribution in [1.29, 1.82) is 0 Å². The Morgan fingerprint density at radius 2 is 0.529 bits per heavy atom. The first kappa shape index (κ1) is 89.5. The molecular formula is C38H93Cl9O15Si8. The Labute approximate surface area is 477 Å². The molecule has 0 aromatic carbocycles. The number of ether oxygens (including phenoxy) is 3. The summed E-state index contributed by atoms with van der Waals surface area (Å²) in [5.74, 6) is 0. The smallest absolute Gasteiger partial charge is 0.382 e.